The zero-order valence-electron chi connectivity index (χ0n) is 14.7. The molecule has 1 aromatic heterocycles. The number of aryl methyl sites for hydroxylation is 1. The highest BCUT2D eigenvalue weighted by molar-refractivity contribution is 6.31. The zero-order chi connectivity index (χ0) is 18.0. The van der Waals surface area contributed by atoms with Gasteiger partial charge in [-0.25, -0.2) is 4.98 Å². The van der Waals surface area contributed by atoms with E-state index in [-0.39, 0.29) is 5.91 Å². The summed E-state index contributed by atoms with van der Waals surface area (Å²) >= 11 is 6.09. The number of amides is 1. The number of halogens is 1. The van der Waals surface area contributed by atoms with Crippen LogP contribution in [0.1, 0.15) is 43.1 Å². The lowest BCUT2D eigenvalue weighted by atomic mass is 10.1. The molecule has 0 unspecified atom stereocenters. The maximum absolute atomic E-state index is 12.2. The molecular weight excluding hydrogens is 334 g/mol. The summed E-state index contributed by atoms with van der Waals surface area (Å²) < 4.78 is 0. The van der Waals surface area contributed by atoms with Gasteiger partial charge in [0.15, 0.2) is 0 Å². The van der Waals surface area contributed by atoms with Crippen molar-refractivity contribution in [3.8, 4) is 0 Å². The molecule has 5 heteroatoms. The number of hydrogen-bond acceptors (Lipinski definition) is 2. The number of imidazole rings is 1. The Bertz CT molecular complexity index is 914. The van der Waals surface area contributed by atoms with Gasteiger partial charge in [0.2, 0.25) is 5.91 Å². The van der Waals surface area contributed by atoms with E-state index in [1.807, 2.05) is 37.3 Å². The largest absolute Gasteiger partial charge is 0.342 e. The van der Waals surface area contributed by atoms with Crippen LogP contribution in [0, 0.1) is 6.92 Å². The van der Waals surface area contributed by atoms with Crippen molar-refractivity contribution < 1.29 is 4.79 Å². The van der Waals surface area contributed by atoms with Gasteiger partial charge in [-0.3, -0.25) is 4.79 Å². The van der Waals surface area contributed by atoms with Crippen molar-refractivity contribution in [1.29, 1.82) is 0 Å². The second kappa shape index (κ2) is 7.28. The molecular formula is C20H22ClN3O. The van der Waals surface area contributed by atoms with Crippen LogP contribution in [0.25, 0.3) is 11.0 Å². The number of anilines is 1. The van der Waals surface area contributed by atoms with Gasteiger partial charge in [0.25, 0.3) is 0 Å². The van der Waals surface area contributed by atoms with Crippen LogP contribution in [-0.4, -0.2) is 15.9 Å². The van der Waals surface area contributed by atoms with E-state index in [1.54, 1.807) is 0 Å². The van der Waals surface area contributed by atoms with E-state index in [0.717, 1.165) is 33.7 Å². The van der Waals surface area contributed by atoms with E-state index in [2.05, 4.69) is 35.2 Å². The summed E-state index contributed by atoms with van der Waals surface area (Å²) in [6.45, 7) is 6.12. The lowest BCUT2D eigenvalue weighted by Crippen LogP contribution is -2.13. The fourth-order valence-corrected chi connectivity index (χ4v) is 2.89. The zero-order valence-corrected chi connectivity index (χ0v) is 15.4. The van der Waals surface area contributed by atoms with Crippen LogP contribution in [0.3, 0.4) is 0 Å². The van der Waals surface area contributed by atoms with Crippen LogP contribution in [0.2, 0.25) is 5.02 Å². The standard InChI is InChI=1S/C20H22ClN3O/c1-12(2)20-23-17-9-7-14(11-18(17)24-20)8-10-19(25)22-16-6-4-5-15(21)13(16)3/h4-7,9,11-12H,8,10H2,1-3H3,(H,22,25)(H,23,24). The van der Waals surface area contributed by atoms with Gasteiger partial charge < -0.3 is 10.3 Å². The third-order valence-electron chi connectivity index (χ3n) is 4.29. The first-order valence-electron chi connectivity index (χ1n) is 8.47. The first-order valence-corrected chi connectivity index (χ1v) is 8.85. The van der Waals surface area contributed by atoms with Crippen molar-refractivity contribution in [2.24, 2.45) is 0 Å². The minimum Gasteiger partial charge on any atom is -0.342 e. The van der Waals surface area contributed by atoms with Crippen LogP contribution in [0.5, 0.6) is 0 Å². The highest BCUT2D eigenvalue weighted by atomic mass is 35.5. The minimum atomic E-state index is -0.0158. The maximum atomic E-state index is 12.2. The van der Waals surface area contributed by atoms with Gasteiger partial charge in [-0.05, 0) is 48.7 Å². The van der Waals surface area contributed by atoms with Crippen LogP contribution in [-0.2, 0) is 11.2 Å². The first-order chi connectivity index (χ1) is 11.9. The molecule has 0 saturated heterocycles. The maximum Gasteiger partial charge on any atom is 0.224 e. The topological polar surface area (TPSA) is 57.8 Å². The highest BCUT2D eigenvalue weighted by Gasteiger charge is 2.09. The Labute approximate surface area is 152 Å². The minimum absolute atomic E-state index is 0.0158. The van der Waals surface area contributed by atoms with Crippen molar-refractivity contribution in [1.82, 2.24) is 9.97 Å². The van der Waals surface area contributed by atoms with Gasteiger partial charge in [-0.1, -0.05) is 37.6 Å². The highest BCUT2D eigenvalue weighted by Crippen LogP contribution is 2.23. The van der Waals surface area contributed by atoms with Gasteiger partial charge in [0.1, 0.15) is 5.82 Å². The lowest BCUT2D eigenvalue weighted by Gasteiger charge is -2.09. The van der Waals surface area contributed by atoms with Crippen molar-refractivity contribution >= 4 is 34.2 Å². The molecule has 1 amide bonds. The number of nitrogens with zero attached hydrogens (tertiary/aromatic N) is 1. The van der Waals surface area contributed by atoms with Gasteiger partial charge in [-0.2, -0.15) is 0 Å². The third kappa shape index (κ3) is 4.02. The number of fused-ring (bicyclic) bond motifs is 1. The lowest BCUT2D eigenvalue weighted by molar-refractivity contribution is -0.116. The molecule has 0 spiro atoms. The molecule has 0 atom stereocenters. The number of aromatic nitrogens is 2. The van der Waals surface area contributed by atoms with E-state index in [4.69, 9.17) is 11.6 Å². The molecule has 2 N–H and O–H groups in total. The van der Waals surface area contributed by atoms with E-state index in [9.17, 15) is 4.79 Å². The second-order valence-electron chi connectivity index (χ2n) is 6.59. The van der Waals surface area contributed by atoms with Crippen LogP contribution >= 0.6 is 11.6 Å². The number of hydrogen-bond donors (Lipinski definition) is 2. The summed E-state index contributed by atoms with van der Waals surface area (Å²) in [6, 6.07) is 11.6. The number of carbonyl (C=O) groups is 1. The van der Waals surface area contributed by atoms with E-state index in [1.165, 1.54) is 0 Å². The Morgan fingerprint density at radius 2 is 2.08 bits per heavy atom. The summed E-state index contributed by atoms with van der Waals surface area (Å²) in [5, 5.41) is 3.59. The number of carbonyl (C=O) groups excluding carboxylic acids is 1. The quantitative estimate of drug-likeness (QED) is 0.659. The summed E-state index contributed by atoms with van der Waals surface area (Å²) in [4.78, 5) is 20.2. The summed E-state index contributed by atoms with van der Waals surface area (Å²) in [7, 11) is 0. The van der Waals surface area contributed by atoms with Crippen LogP contribution in [0.4, 0.5) is 5.69 Å². The van der Waals surface area contributed by atoms with Crippen molar-refractivity contribution in [3.05, 3.63) is 58.4 Å². The fourth-order valence-electron chi connectivity index (χ4n) is 2.72. The molecule has 25 heavy (non-hydrogen) atoms. The molecule has 2 aromatic carbocycles. The summed E-state index contributed by atoms with van der Waals surface area (Å²) in [5.41, 5.74) is 4.75. The Morgan fingerprint density at radius 1 is 1.28 bits per heavy atom. The van der Waals surface area contributed by atoms with Crippen LogP contribution in [0.15, 0.2) is 36.4 Å². The number of nitrogens with one attached hydrogen (secondary N) is 2. The number of rotatable bonds is 5. The SMILES string of the molecule is Cc1c(Cl)cccc1NC(=O)CCc1ccc2nc(C(C)C)[nH]c2c1. The Morgan fingerprint density at radius 3 is 2.84 bits per heavy atom. The number of benzene rings is 2. The van der Waals surface area contributed by atoms with Gasteiger partial charge in [0, 0.05) is 23.0 Å². The molecule has 0 aliphatic carbocycles. The van der Waals surface area contributed by atoms with Crippen molar-refractivity contribution in [2.45, 2.75) is 39.5 Å². The van der Waals surface area contributed by atoms with Crippen molar-refractivity contribution in [2.75, 3.05) is 5.32 Å². The fraction of sp³-hybridized carbons (Fsp3) is 0.300. The van der Waals surface area contributed by atoms with Crippen LogP contribution < -0.4 is 5.32 Å². The second-order valence-corrected chi connectivity index (χ2v) is 7.00. The number of H-pyrrole nitrogens is 1. The van der Waals surface area contributed by atoms with Gasteiger partial charge in [0.05, 0.1) is 11.0 Å². The molecule has 3 rings (SSSR count). The van der Waals surface area contributed by atoms with Gasteiger partial charge in [-0.15, -0.1) is 0 Å². The summed E-state index contributed by atoms with van der Waals surface area (Å²) in [6.07, 6.45) is 1.10. The van der Waals surface area contributed by atoms with Gasteiger partial charge >= 0.3 is 0 Å². The monoisotopic (exact) mass is 355 g/mol. The Hall–Kier alpha value is -2.33. The average molecular weight is 356 g/mol. The predicted octanol–water partition coefficient (Wildman–Crippen LogP) is 5.22. The molecule has 4 nitrogen and oxygen atoms in total. The predicted molar refractivity (Wildman–Crippen MR) is 103 cm³/mol. The molecule has 0 aliphatic heterocycles. The molecule has 1 heterocycles. The molecule has 130 valence electrons. The first kappa shape index (κ1) is 17.5. The Kier molecular flexibility index (Phi) is 5.09. The molecule has 3 aromatic rings. The average Bonchev–Trinajstić information content (AvgIpc) is 3.01. The molecule has 0 aliphatic rings. The van der Waals surface area contributed by atoms with E-state index in [0.29, 0.717) is 23.8 Å². The third-order valence-corrected chi connectivity index (χ3v) is 4.70. The smallest absolute Gasteiger partial charge is 0.224 e. The normalized spacial score (nSPS) is 11.2. The Balaban J connectivity index is 1.65. The van der Waals surface area contributed by atoms with Crippen molar-refractivity contribution in [3.63, 3.8) is 0 Å². The molecule has 0 saturated carbocycles. The number of aromatic amines is 1. The molecule has 0 fully saturated rings. The summed E-state index contributed by atoms with van der Waals surface area (Å²) in [5.74, 6) is 1.34. The van der Waals surface area contributed by atoms with E-state index >= 15 is 0 Å². The molecule has 0 bridgehead atoms. The van der Waals surface area contributed by atoms with E-state index < -0.39 is 0 Å². The molecule has 0 radical (unpaired) electrons.